The third kappa shape index (κ3) is 3.45. The average molecular weight is 262 g/mol. The largest absolute Gasteiger partial charge is 0.360 e. The quantitative estimate of drug-likeness (QED) is 0.819. The predicted molar refractivity (Wildman–Crippen MR) is 82.2 cm³/mol. The Bertz CT molecular complexity index is 411. The van der Waals surface area contributed by atoms with Crippen molar-refractivity contribution in [3.05, 3.63) is 29.8 Å². The van der Waals surface area contributed by atoms with Gasteiger partial charge in [0, 0.05) is 18.8 Å². The van der Waals surface area contributed by atoms with Crippen LogP contribution >= 0.6 is 12.2 Å². The Morgan fingerprint density at radius 3 is 2.67 bits per heavy atom. The van der Waals surface area contributed by atoms with Crippen LogP contribution in [0.15, 0.2) is 24.3 Å². The first-order valence-electron chi connectivity index (χ1n) is 6.78. The fourth-order valence-corrected chi connectivity index (χ4v) is 2.74. The van der Waals surface area contributed by atoms with E-state index < -0.39 is 0 Å². The zero-order chi connectivity index (χ0) is 13.0. The van der Waals surface area contributed by atoms with Crippen molar-refractivity contribution in [2.45, 2.75) is 45.1 Å². The molecule has 1 aromatic carbocycles. The van der Waals surface area contributed by atoms with E-state index in [1.165, 1.54) is 37.7 Å². The van der Waals surface area contributed by atoms with Crippen molar-refractivity contribution in [2.24, 2.45) is 0 Å². The van der Waals surface area contributed by atoms with Crippen molar-refractivity contribution in [3.63, 3.8) is 0 Å². The summed E-state index contributed by atoms with van der Waals surface area (Å²) < 4.78 is 0. The molecule has 3 heteroatoms. The lowest BCUT2D eigenvalue weighted by Crippen LogP contribution is -2.43. The van der Waals surface area contributed by atoms with E-state index in [9.17, 15) is 0 Å². The van der Waals surface area contributed by atoms with Crippen LogP contribution in [0.25, 0.3) is 0 Å². The van der Waals surface area contributed by atoms with Crippen molar-refractivity contribution >= 4 is 23.0 Å². The van der Waals surface area contributed by atoms with E-state index in [-0.39, 0.29) is 0 Å². The third-order valence-corrected chi connectivity index (χ3v) is 4.02. The van der Waals surface area contributed by atoms with Crippen LogP contribution in [-0.2, 0) is 0 Å². The summed E-state index contributed by atoms with van der Waals surface area (Å²) in [5.74, 6) is 0. The van der Waals surface area contributed by atoms with E-state index in [2.05, 4.69) is 41.4 Å². The second kappa shape index (κ2) is 6.19. The molecule has 98 valence electrons. The second-order valence-corrected chi connectivity index (χ2v) is 5.57. The predicted octanol–water partition coefficient (Wildman–Crippen LogP) is 3.64. The topological polar surface area (TPSA) is 15.3 Å². The average Bonchev–Trinajstić information content (AvgIpc) is 2.39. The number of anilines is 1. The lowest BCUT2D eigenvalue weighted by atomic mass is 9.96. The minimum absolute atomic E-state index is 0.568. The van der Waals surface area contributed by atoms with Gasteiger partial charge in [-0.3, -0.25) is 0 Å². The Balaban J connectivity index is 1.95. The summed E-state index contributed by atoms with van der Waals surface area (Å²) in [6.45, 7) is 2.11. The van der Waals surface area contributed by atoms with E-state index in [4.69, 9.17) is 12.2 Å². The molecule has 1 fully saturated rings. The first-order valence-corrected chi connectivity index (χ1v) is 7.18. The number of rotatable bonds is 2. The number of nitrogens with zero attached hydrogens (tertiary/aromatic N) is 1. The highest BCUT2D eigenvalue weighted by atomic mass is 32.1. The highest BCUT2D eigenvalue weighted by Gasteiger charge is 2.16. The molecule has 0 atom stereocenters. The third-order valence-electron chi connectivity index (χ3n) is 3.63. The molecule has 1 aliphatic carbocycles. The van der Waals surface area contributed by atoms with Crippen molar-refractivity contribution in [1.82, 2.24) is 5.32 Å². The number of benzene rings is 1. The normalized spacial score (nSPS) is 16.3. The number of thiocarbonyl (C=S) groups is 1. The molecule has 0 amide bonds. The summed E-state index contributed by atoms with van der Waals surface area (Å²) in [5, 5.41) is 4.33. The van der Waals surface area contributed by atoms with Gasteiger partial charge in [-0.25, -0.2) is 0 Å². The fourth-order valence-electron chi connectivity index (χ4n) is 2.47. The number of aryl methyl sites for hydroxylation is 1. The molecule has 0 spiro atoms. The maximum atomic E-state index is 5.50. The summed E-state index contributed by atoms with van der Waals surface area (Å²) in [4.78, 5) is 2.07. The molecule has 2 rings (SSSR count). The van der Waals surface area contributed by atoms with Gasteiger partial charge in [-0.1, -0.05) is 31.4 Å². The standard InChI is InChI=1S/C15H22N2S/c1-12-7-6-10-14(11-12)17(2)15(18)16-13-8-4-3-5-9-13/h6-7,10-11,13H,3-5,8-9H2,1-2H3,(H,16,18). The van der Waals surface area contributed by atoms with E-state index in [1.807, 2.05) is 7.05 Å². The summed E-state index contributed by atoms with van der Waals surface area (Å²) in [6.07, 6.45) is 6.53. The summed E-state index contributed by atoms with van der Waals surface area (Å²) >= 11 is 5.50. The van der Waals surface area contributed by atoms with Crippen LogP contribution in [0.2, 0.25) is 0 Å². The van der Waals surface area contributed by atoms with Gasteiger partial charge in [0.05, 0.1) is 0 Å². The van der Waals surface area contributed by atoms with E-state index >= 15 is 0 Å². The molecule has 1 aromatic rings. The first-order chi connectivity index (χ1) is 8.66. The van der Waals surface area contributed by atoms with Crippen LogP contribution in [0.1, 0.15) is 37.7 Å². The second-order valence-electron chi connectivity index (χ2n) is 5.18. The van der Waals surface area contributed by atoms with Crippen LogP contribution in [0.3, 0.4) is 0 Å². The fraction of sp³-hybridized carbons (Fsp3) is 0.533. The first kappa shape index (κ1) is 13.3. The van der Waals surface area contributed by atoms with Crippen molar-refractivity contribution in [2.75, 3.05) is 11.9 Å². The van der Waals surface area contributed by atoms with Gasteiger partial charge in [0.15, 0.2) is 5.11 Å². The highest BCUT2D eigenvalue weighted by Crippen LogP contribution is 2.19. The van der Waals surface area contributed by atoms with Gasteiger partial charge in [-0.15, -0.1) is 0 Å². The number of nitrogens with one attached hydrogen (secondary N) is 1. The molecule has 1 N–H and O–H groups in total. The molecule has 0 radical (unpaired) electrons. The minimum Gasteiger partial charge on any atom is -0.360 e. The molecule has 0 aromatic heterocycles. The minimum atomic E-state index is 0.568. The van der Waals surface area contributed by atoms with Gasteiger partial charge in [-0.2, -0.15) is 0 Å². The summed E-state index contributed by atoms with van der Waals surface area (Å²) in [5.41, 5.74) is 2.42. The van der Waals surface area contributed by atoms with E-state index in [0.29, 0.717) is 6.04 Å². The van der Waals surface area contributed by atoms with Gasteiger partial charge in [-0.05, 0) is 49.7 Å². The van der Waals surface area contributed by atoms with Gasteiger partial charge in [0.1, 0.15) is 0 Å². The Morgan fingerprint density at radius 1 is 1.28 bits per heavy atom. The monoisotopic (exact) mass is 262 g/mol. The van der Waals surface area contributed by atoms with E-state index in [1.54, 1.807) is 0 Å². The van der Waals surface area contributed by atoms with Crippen LogP contribution in [0, 0.1) is 6.92 Å². The Kier molecular flexibility index (Phi) is 4.59. The molecular weight excluding hydrogens is 240 g/mol. The zero-order valence-corrected chi connectivity index (χ0v) is 12.1. The van der Waals surface area contributed by atoms with Crippen LogP contribution in [0.5, 0.6) is 0 Å². The van der Waals surface area contributed by atoms with Gasteiger partial charge in [0.25, 0.3) is 0 Å². The molecule has 18 heavy (non-hydrogen) atoms. The maximum Gasteiger partial charge on any atom is 0.173 e. The van der Waals surface area contributed by atoms with Crippen LogP contribution < -0.4 is 10.2 Å². The smallest absolute Gasteiger partial charge is 0.173 e. The lowest BCUT2D eigenvalue weighted by molar-refractivity contribution is 0.414. The zero-order valence-electron chi connectivity index (χ0n) is 11.3. The Hall–Kier alpha value is -1.09. The van der Waals surface area contributed by atoms with E-state index in [0.717, 1.165) is 10.8 Å². The molecular formula is C15H22N2S. The van der Waals surface area contributed by atoms with Gasteiger partial charge in [0.2, 0.25) is 0 Å². The lowest BCUT2D eigenvalue weighted by Gasteiger charge is -2.28. The Morgan fingerprint density at radius 2 is 2.00 bits per heavy atom. The molecule has 0 saturated heterocycles. The molecule has 0 unspecified atom stereocenters. The molecule has 1 saturated carbocycles. The van der Waals surface area contributed by atoms with Crippen molar-refractivity contribution in [1.29, 1.82) is 0 Å². The summed E-state index contributed by atoms with van der Waals surface area (Å²) in [7, 11) is 2.03. The van der Waals surface area contributed by atoms with Crippen molar-refractivity contribution < 1.29 is 0 Å². The van der Waals surface area contributed by atoms with Gasteiger partial charge >= 0.3 is 0 Å². The van der Waals surface area contributed by atoms with Gasteiger partial charge < -0.3 is 10.2 Å². The maximum absolute atomic E-state index is 5.50. The van der Waals surface area contributed by atoms with Crippen LogP contribution in [0.4, 0.5) is 5.69 Å². The Labute approximate surface area is 115 Å². The molecule has 0 heterocycles. The molecule has 0 aliphatic heterocycles. The molecule has 0 bridgehead atoms. The van der Waals surface area contributed by atoms with Crippen molar-refractivity contribution in [3.8, 4) is 0 Å². The number of hydrogen-bond acceptors (Lipinski definition) is 1. The number of hydrogen-bond donors (Lipinski definition) is 1. The van der Waals surface area contributed by atoms with Crippen LogP contribution in [-0.4, -0.2) is 18.2 Å². The SMILES string of the molecule is Cc1cccc(N(C)C(=S)NC2CCCCC2)c1. The molecule has 2 nitrogen and oxygen atoms in total. The summed E-state index contributed by atoms with van der Waals surface area (Å²) in [6, 6.07) is 9.01. The molecule has 1 aliphatic rings. The highest BCUT2D eigenvalue weighted by molar-refractivity contribution is 7.80.